The molecule has 0 saturated heterocycles. The van der Waals surface area contributed by atoms with Crippen LogP contribution in [0.15, 0.2) is 0 Å². The second kappa shape index (κ2) is 13.4. The van der Waals surface area contributed by atoms with Crippen molar-refractivity contribution in [1.29, 1.82) is 0 Å². The van der Waals surface area contributed by atoms with Crippen LogP contribution in [0.1, 0.15) is 45.4 Å². The summed E-state index contributed by atoms with van der Waals surface area (Å²) < 4.78 is 5.94. The van der Waals surface area contributed by atoms with Crippen LogP contribution in [0.25, 0.3) is 0 Å². The first-order chi connectivity index (χ1) is 8.52. The third-order valence-electron chi connectivity index (χ3n) is 3.10. The van der Waals surface area contributed by atoms with Crippen molar-refractivity contribution in [2.75, 3.05) is 39.1 Å². The van der Waals surface area contributed by atoms with Crippen molar-refractivity contribution in [2.24, 2.45) is 0 Å². The van der Waals surface area contributed by atoms with Crippen LogP contribution in [-0.4, -0.2) is 49.6 Å². The predicted molar refractivity (Wildman–Crippen MR) is 80.0 cm³/mol. The Labute approximate surface area is 137 Å². The third-order valence-corrected chi connectivity index (χ3v) is 3.66. The average Bonchev–Trinajstić information content (AvgIpc) is 2.28. The van der Waals surface area contributed by atoms with Crippen LogP contribution in [-0.2, 0) is 9.53 Å². The van der Waals surface area contributed by atoms with Gasteiger partial charge in [-0.2, -0.15) is 0 Å². The first kappa shape index (κ1) is 21.7. The monoisotopic (exact) mass is 401 g/mol. The number of carbonyl (C=O) groups is 1. The largest absolute Gasteiger partial charge is 1.00 e. The van der Waals surface area contributed by atoms with Gasteiger partial charge in [0.05, 0.1) is 40.2 Å². The van der Waals surface area contributed by atoms with Crippen LogP contribution in [0.4, 0.5) is 0 Å². The number of unbranched alkanes of at least 4 members (excludes halogenated alkanes) is 3. The number of carbonyl (C=O) groups excluding carboxylic acids is 1. The normalized spacial score (nSPS) is 10.9. The van der Waals surface area contributed by atoms with Gasteiger partial charge in [-0.1, -0.05) is 22.4 Å². The summed E-state index contributed by atoms with van der Waals surface area (Å²) in [6, 6.07) is 0. The zero-order chi connectivity index (χ0) is 13.9. The van der Waals surface area contributed by atoms with Gasteiger partial charge in [-0.05, 0) is 26.2 Å². The maximum absolute atomic E-state index is 11.2. The molecule has 0 radical (unpaired) electrons. The summed E-state index contributed by atoms with van der Waals surface area (Å²) in [4.78, 5) is 11.2. The van der Waals surface area contributed by atoms with Crippen LogP contribution in [0, 0.1) is 0 Å². The van der Waals surface area contributed by atoms with Crippen molar-refractivity contribution < 1.29 is 31.0 Å². The molecule has 0 unspecified atom stereocenters. The van der Waals surface area contributed by atoms with Gasteiger partial charge >= 0.3 is 5.97 Å². The van der Waals surface area contributed by atoms with Crippen molar-refractivity contribution in [3.63, 3.8) is 0 Å². The maximum Gasteiger partial charge on any atom is 0.305 e. The second-order valence-corrected chi connectivity index (χ2v) is 6.19. The summed E-state index contributed by atoms with van der Waals surface area (Å²) in [7, 11) is 4.49. The van der Waals surface area contributed by atoms with E-state index in [0.29, 0.717) is 13.0 Å². The highest BCUT2D eigenvalue weighted by Crippen LogP contribution is 2.08. The standard InChI is InChI=1S/C14H29BrNO2.BrH/c1-4-18-14(17)10-9-13-16(2,3)12-8-6-5-7-11-15;/h4-13H2,1-3H3;1H/q+1;/p-1. The molecule has 0 aliphatic rings. The fourth-order valence-corrected chi connectivity index (χ4v) is 2.38. The molecule has 0 heterocycles. The molecule has 0 saturated carbocycles. The number of esters is 1. The lowest BCUT2D eigenvalue weighted by Gasteiger charge is -2.29. The van der Waals surface area contributed by atoms with E-state index in [9.17, 15) is 4.79 Å². The zero-order valence-electron chi connectivity index (χ0n) is 12.6. The minimum absolute atomic E-state index is 0. The quantitative estimate of drug-likeness (QED) is 0.216. The molecule has 0 atom stereocenters. The van der Waals surface area contributed by atoms with E-state index in [-0.39, 0.29) is 23.0 Å². The molecule has 0 rings (SSSR count). The van der Waals surface area contributed by atoms with E-state index >= 15 is 0 Å². The van der Waals surface area contributed by atoms with Crippen LogP contribution in [0.2, 0.25) is 0 Å². The molecule has 0 aromatic carbocycles. The van der Waals surface area contributed by atoms with Crippen LogP contribution in [0.5, 0.6) is 0 Å². The van der Waals surface area contributed by atoms with E-state index in [0.717, 1.165) is 22.8 Å². The average molecular weight is 403 g/mol. The molecular weight excluding hydrogens is 374 g/mol. The van der Waals surface area contributed by atoms with Gasteiger partial charge in [-0.25, -0.2) is 0 Å². The number of nitrogens with zero attached hydrogens (tertiary/aromatic N) is 1. The van der Waals surface area contributed by atoms with Crippen LogP contribution in [0.3, 0.4) is 0 Å². The highest BCUT2D eigenvalue weighted by Gasteiger charge is 2.15. The fourth-order valence-electron chi connectivity index (χ4n) is 1.98. The Morgan fingerprint density at radius 1 is 1.05 bits per heavy atom. The van der Waals surface area contributed by atoms with Crippen LogP contribution >= 0.6 is 15.9 Å². The number of hydrogen-bond donors (Lipinski definition) is 0. The molecule has 5 heteroatoms. The van der Waals surface area contributed by atoms with E-state index in [1.807, 2.05) is 6.92 Å². The van der Waals surface area contributed by atoms with Gasteiger partial charge in [0.15, 0.2) is 0 Å². The van der Waals surface area contributed by atoms with Gasteiger partial charge in [-0.15, -0.1) is 0 Å². The maximum atomic E-state index is 11.2. The Bertz CT molecular complexity index is 223. The third kappa shape index (κ3) is 14.6. The van der Waals surface area contributed by atoms with Gasteiger partial charge in [-0.3, -0.25) is 4.79 Å². The molecule has 116 valence electrons. The molecule has 0 bridgehead atoms. The molecule has 0 amide bonds. The number of ether oxygens (including phenoxy) is 1. The first-order valence-electron chi connectivity index (χ1n) is 7.05. The highest BCUT2D eigenvalue weighted by molar-refractivity contribution is 9.09. The van der Waals surface area contributed by atoms with Gasteiger partial charge in [0.1, 0.15) is 0 Å². The molecule has 0 aromatic rings. The van der Waals surface area contributed by atoms with Crippen molar-refractivity contribution >= 4 is 21.9 Å². The molecule has 0 aliphatic carbocycles. The van der Waals surface area contributed by atoms with Gasteiger partial charge in [0, 0.05) is 11.8 Å². The highest BCUT2D eigenvalue weighted by atomic mass is 79.9. The number of hydrogen-bond acceptors (Lipinski definition) is 2. The lowest BCUT2D eigenvalue weighted by Crippen LogP contribution is -3.00. The topological polar surface area (TPSA) is 26.3 Å². The summed E-state index contributed by atoms with van der Waals surface area (Å²) in [6.45, 7) is 4.60. The number of rotatable bonds is 11. The van der Waals surface area contributed by atoms with Crippen molar-refractivity contribution in [2.45, 2.75) is 45.4 Å². The molecule has 0 N–H and O–H groups in total. The molecule has 3 nitrogen and oxygen atoms in total. The second-order valence-electron chi connectivity index (χ2n) is 5.39. The minimum Gasteiger partial charge on any atom is -1.00 e. The smallest absolute Gasteiger partial charge is 0.305 e. The van der Waals surface area contributed by atoms with Crippen molar-refractivity contribution in [3.05, 3.63) is 0 Å². The number of quaternary nitrogens is 1. The summed E-state index contributed by atoms with van der Waals surface area (Å²) in [5.41, 5.74) is 0. The molecule has 19 heavy (non-hydrogen) atoms. The molecule has 0 fully saturated rings. The predicted octanol–water partition coefficient (Wildman–Crippen LogP) is 0.365. The van der Waals surface area contributed by atoms with Gasteiger partial charge < -0.3 is 26.2 Å². The Morgan fingerprint density at radius 3 is 2.21 bits per heavy atom. The molecule has 0 aromatic heterocycles. The summed E-state index contributed by atoms with van der Waals surface area (Å²) >= 11 is 3.45. The Balaban J connectivity index is 0. The molecule has 0 aliphatic heterocycles. The van der Waals surface area contributed by atoms with E-state index in [4.69, 9.17) is 4.74 Å². The Hall–Kier alpha value is 0.390. The van der Waals surface area contributed by atoms with E-state index in [1.165, 1.54) is 32.2 Å². The lowest BCUT2D eigenvalue weighted by molar-refractivity contribution is -0.890. The van der Waals surface area contributed by atoms with Gasteiger partial charge in [0.25, 0.3) is 0 Å². The SMILES string of the molecule is CCOC(=O)CCC[N+](C)(C)CCCCCCBr.[Br-]. The van der Waals surface area contributed by atoms with E-state index < -0.39 is 0 Å². The van der Waals surface area contributed by atoms with Crippen LogP contribution < -0.4 is 17.0 Å². The first-order valence-corrected chi connectivity index (χ1v) is 8.17. The van der Waals surface area contributed by atoms with Gasteiger partial charge in [0.2, 0.25) is 0 Å². The Morgan fingerprint density at radius 2 is 1.63 bits per heavy atom. The lowest BCUT2D eigenvalue weighted by atomic mass is 10.2. The van der Waals surface area contributed by atoms with Crippen molar-refractivity contribution in [3.8, 4) is 0 Å². The number of alkyl halides is 1. The van der Waals surface area contributed by atoms with E-state index in [1.54, 1.807) is 0 Å². The summed E-state index contributed by atoms with van der Waals surface area (Å²) in [6.07, 6.45) is 6.65. The summed E-state index contributed by atoms with van der Waals surface area (Å²) in [5.74, 6) is -0.0604. The van der Waals surface area contributed by atoms with Crippen molar-refractivity contribution in [1.82, 2.24) is 0 Å². The minimum atomic E-state index is -0.0604. The van der Waals surface area contributed by atoms with E-state index in [2.05, 4.69) is 30.0 Å². The molecule has 0 spiro atoms. The molecular formula is C14H29Br2NO2. The fraction of sp³-hybridized carbons (Fsp3) is 0.929. The summed E-state index contributed by atoms with van der Waals surface area (Å²) in [5, 5.41) is 1.12. The Kier molecular flexibility index (Phi) is 15.3. The zero-order valence-corrected chi connectivity index (χ0v) is 15.8. The number of halogens is 2.